The Hall–Kier alpha value is -3.35. The van der Waals surface area contributed by atoms with E-state index in [4.69, 9.17) is 5.26 Å². The molecule has 0 saturated carbocycles. The van der Waals surface area contributed by atoms with E-state index in [9.17, 15) is 27.6 Å². The molecule has 27 heavy (non-hydrogen) atoms. The van der Waals surface area contributed by atoms with Crippen LogP contribution in [0.3, 0.4) is 0 Å². The summed E-state index contributed by atoms with van der Waals surface area (Å²) in [5.41, 5.74) is -0.603. The van der Waals surface area contributed by atoms with Gasteiger partial charge in [0.2, 0.25) is 5.91 Å². The first-order valence-electron chi connectivity index (χ1n) is 7.88. The van der Waals surface area contributed by atoms with E-state index < -0.39 is 54.7 Å². The number of carbonyl (C=O) groups excluding carboxylic acids is 2. The van der Waals surface area contributed by atoms with Crippen LogP contribution in [-0.2, 0) is 4.79 Å². The number of aromatic amines is 1. The van der Waals surface area contributed by atoms with Crippen molar-refractivity contribution in [3.05, 3.63) is 46.1 Å². The molecule has 1 aliphatic heterocycles. The normalized spacial score (nSPS) is 18.3. The molecule has 2 amide bonds. The Morgan fingerprint density at radius 1 is 1.37 bits per heavy atom. The Labute approximate surface area is 150 Å². The molecule has 2 N–H and O–H groups in total. The van der Waals surface area contributed by atoms with Crippen molar-refractivity contribution in [3.63, 3.8) is 0 Å². The topological polar surface area (TPSA) is 106 Å². The number of hydrogen-bond acceptors (Lipinski definition) is 4. The van der Waals surface area contributed by atoms with Crippen LogP contribution in [0.15, 0.2) is 29.2 Å². The minimum Gasteiger partial charge on any atom is -0.343 e. The summed E-state index contributed by atoms with van der Waals surface area (Å²) in [4.78, 5) is 39.2. The Bertz CT molecular complexity index is 1030. The van der Waals surface area contributed by atoms with Crippen molar-refractivity contribution < 1.29 is 22.8 Å². The summed E-state index contributed by atoms with van der Waals surface area (Å²) in [7, 11) is 0. The number of nitriles is 1. The molecule has 1 saturated heterocycles. The third-order valence-corrected chi connectivity index (χ3v) is 4.25. The lowest BCUT2D eigenvalue weighted by atomic mass is 10.1. The molecule has 7 nitrogen and oxygen atoms in total. The first kappa shape index (κ1) is 18.4. The van der Waals surface area contributed by atoms with Gasteiger partial charge < -0.3 is 15.2 Å². The summed E-state index contributed by atoms with van der Waals surface area (Å²) >= 11 is 0. The fourth-order valence-corrected chi connectivity index (χ4v) is 2.97. The van der Waals surface area contributed by atoms with Gasteiger partial charge in [0.05, 0.1) is 30.1 Å². The maximum Gasteiger partial charge on any atom is 0.268 e. The predicted octanol–water partition coefficient (Wildman–Crippen LogP) is 1.16. The Balaban J connectivity index is 1.76. The molecule has 1 aromatic heterocycles. The van der Waals surface area contributed by atoms with E-state index in [0.29, 0.717) is 0 Å². The lowest BCUT2D eigenvalue weighted by Crippen LogP contribution is -2.43. The van der Waals surface area contributed by atoms with Gasteiger partial charge in [-0.25, -0.2) is 13.2 Å². The Morgan fingerprint density at radius 3 is 2.81 bits per heavy atom. The fraction of sp³-hybridized carbons (Fsp3) is 0.294. The van der Waals surface area contributed by atoms with Crippen molar-refractivity contribution in [2.24, 2.45) is 0 Å². The minimum atomic E-state index is -3.15. The summed E-state index contributed by atoms with van der Waals surface area (Å²) in [5.74, 6) is -5.39. The number of fused-ring (bicyclic) bond motifs is 1. The average molecular weight is 378 g/mol. The zero-order chi connectivity index (χ0) is 19.8. The second-order valence-electron chi connectivity index (χ2n) is 6.13. The SMILES string of the molecule is N#C[C@@H]1CC(F)(F)CN1C(=O)CNC(=O)c1c[nH]c(=O)c2cc(F)ccc12. The number of hydrogen-bond donors (Lipinski definition) is 2. The molecular formula is C17H13F3N4O3. The zero-order valence-corrected chi connectivity index (χ0v) is 13.8. The van der Waals surface area contributed by atoms with E-state index in [1.807, 2.05) is 0 Å². The zero-order valence-electron chi connectivity index (χ0n) is 13.8. The van der Waals surface area contributed by atoms with Crippen LogP contribution in [0.4, 0.5) is 13.2 Å². The largest absolute Gasteiger partial charge is 0.343 e. The van der Waals surface area contributed by atoms with Crippen molar-refractivity contribution in [1.29, 1.82) is 5.26 Å². The molecule has 0 unspecified atom stereocenters. The van der Waals surface area contributed by atoms with Gasteiger partial charge >= 0.3 is 0 Å². The van der Waals surface area contributed by atoms with Crippen LogP contribution in [0, 0.1) is 17.1 Å². The molecule has 1 fully saturated rings. The number of nitrogens with one attached hydrogen (secondary N) is 2. The molecule has 2 aromatic rings. The standard InChI is InChI=1S/C17H13F3N4O3/c18-9-1-2-11-12(3-9)15(26)22-6-13(11)16(27)23-7-14(25)24-8-17(19,20)4-10(24)5-21/h1-3,6,10H,4,7-8H2,(H,22,26)(H,23,27)/t10-/m0/s1. The first-order chi connectivity index (χ1) is 12.7. The maximum absolute atomic E-state index is 13.4. The molecule has 0 bridgehead atoms. The smallest absolute Gasteiger partial charge is 0.268 e. The summed E-state index contributed by atoms with van der Waals surface area (Å²) in [6.45, 7) is -1.49. The van der Waals surface area contributed by atoms with Gasteiger partial charge in [0, 0.05) is 18.0 Å². The number of amides is 2. The fourth-order valence-electron chi connectivity index (χ4n) is 2.97. The van der Waals surface area contributed by atoms with E-state index in [0.717, 1.165) is 23.2 Å². The van der Waals surface area contributed by atoms with Gasteiger partial charge in [-0.3, -0.25) is 14.4 Å². The number of H-pyrrole nitrogens is 1. The number of halogens is 3. The number of carbonyl (C=O) groups is 2. The number of pyridine rings is 1. The Morgan fingerprint density at radius 2 is 2.11 bits per heavy atom. The van der Waals surface area contributed by atoms with Gasteiger partial charge in [-0.1, -0.05) is 6.07 Å². The van der Waals surface area contributed by atoms with E-state index in [1.54, 1.807) is 6.07 Å². The molecule has 0 radical (unpaired) electrons. The highest BCUT2D eigenvalue weighted by Crippen LogP contribution is 2.31. The van der Waals surface area contributed by atoms with Gasteiger partial charge in [-0.2, -0.15) is 5.26 Å². The van der Waals surface area contributed by atoms with E-state index in [1.165, 1.54) is 6.07 Å². The molecule has 0 aliphatic carbocycles. The van der Waals surface area contributed by atoms with Crippen molar-refractivity contribution in [2.45, 2.75) is 18.4 Å². The lowest BCUT2D eigenvalue weighted by molar-refractivity contribution is -0.131. The number of benzene rings is 1. The van der Waals surface area contributed by atoms with Crippen LogP contribution < -0.4 is 10.9 Å². The van der Waals surface area contributed by atoms with E-state index in [-0.39, 0.29) is 16.3 Å². The monoisotopic (exact) mass is 378 g/mol. The van der Waals surface area contributed by atoms with Crippen molar-refractivity contribution in [1.82, 2.24) is 15.2 Å². The number of likely N-dealkylation sites (tertiary alicyclic amines) is 1. The van der Waals surface area contributed by atoms with Crippen LogP contribution in [0.25, 0.3) is 10.8 Å². The third kappa shape index (κ3) is 3.62. The van der Waals surface area contributed by atoms with Crippen LogP contribution in [0.1, 0.15) is 16.8 Å². The molecule has 3 rings (SSSR count). The van der Waals surface area contributed by atoms with Gasteiger partial charge in [0.15, 0.2) is 0 Å². The highest BCUT2D eigenvalue weighted by Gasteiger charge is 2.47. The molecule has 1 aliphatic rings. The van der Waals surface area contributed by atoms with Gasteiger partial charge in [0.25, 0.3) is 17.4 Å². The summed E-state index contributed by atoms with van der Waals surface area (Å²) in [6, 6.07) is 3.68. The van der Waals surface area contributed by atoms with Crippen molar-refractivity contribution >= 4 is 22.6 Å². The second kappa shape index (κ2) is 6.75. The second-order valence-corrected chi connectivity index (χ2v) is 6.13. The summed E-state index contributed by atoms with van der Waals surface area (Å²) in [6.07, 6.45) is 0.365. The molecular weight excluding hydrogens is 365 g/mol. The van der Waals surface area contributed by atoms with Gasteiger partial charge in [-0.05, 0) is 12.1 Å². The molecule has 140 valence electrons. The minimum absolute atomic E-state index is 0.0130. The lowest BCUT2D eigenvalue weighted by Gasteiger charge is -2.19. The number of nitrogens with zero attached hydrogens (tertiary/aromatic N) is 2. The molecule has 1 aromatic carbocycles. The maximum atomic E-state index is 13.4. The highest BCUT2D eigenvalue weighted by atomic mass is 19.3. The van der Waals surface area contributed by atoms with Gasteiger partial charge in [0.1, 0.15) is 11.9 Å². The van der Waals surface area contributed by atoms with Crippen molar-refractivity contribution in [3.8, 4) is 6.07 Å². The number of aromatic nitrogens is 1. The average Bonchev–Trinajstić information content (AvgIpc) is 2.95. The number of alkyl halides is 2. The van der Waals surface area contributed by atoms with Gasteiger partial charge in [-0.15, -0.1) is 0 Å². The number of rotatable bonds is 3. The summed E-state index contributed by atoms with van der Waals surface area (Å²) in [5, 5.41) is 11.3. The van der Waals surface area contributed by atoms with Crippen molar-refractivity contribution in [2.75, 3.05) is 13.1 Å². The third-order valence-electron chi connectivity index (χ3n) is 4.25. The van der Waals surface area contributed by atoms with Crippen LogP contribution >= 0.6 is 0 Å². The Kier molecular flexibility index (Phi) is 4.61. The first-order valence-corrected chi connectivity index (χ1v) is 7.88. The van der Waals surface area contributed by atoms with E-state index >= 15 is 0 Å². The van der Waals surface area contributed by atoms with E-state index in [2.05, 4.69) is 10.3 Å². The highest BCUT2D eigenvalue weighted by molar-refractivity contribution is 6.07. The summed E-state index contributed by atoms with van der Waals surface area (Å²) < 4.78 is 40.1. The molecule has 0 spiro atoms. The molecule has 1 atom stereocenters. The molecule has 10 heteroatoms. The van der Waals surface area contributed by atoms with Crippen LogP contribution in [0.5, 0.6) is 0 Å². The quantitative estimate of drug-likeness (QED) is 0.836. The predicted molar refractivity (Wildman–Crippen MR) is 87.5 cm³/mol. The van der Waals surface area contributed by atoms with Crippen LogP contribution in [-0.4, -0.2) is 46.8 Å². The molecule has 2 heterocycles. The van der Waals surface area contributed by atoms with Crippen LogP contribution in [0.2, 0.25) is 0 Å².